The second-order valence-electron chi connectivity index (χ2n) is 11.2. The van der Waals surface area contributed by atoms with Gasteiger partial charge in [-0.05, 0) is 25.7 Å². The lowest BCUT2D eigenvalue weighted by molar-refractivity contribution is -0.928. The minimum absolute atomic E-state index is 0.0338. The minimum Gasteiger partial charge on any atom is -0.381 e. The maximum absolute atomic E-state index is 13.1. The van der Waals surface area contributed by atoms with E-state index in [9.17, 15) is 9.59 Å². The number of likely N-dealkylation sites (N-methyl/N-ethyl adjacent to an activating group) is 1. The summed E-state index contributed by atoms with van der Waals surface area (Å²) in [4.78, 5) is 34.7. The van der Waals surface area contributed by atoms with Gasteiger partial charge in [-0.15, -0.1) is 0 Å². The maximum atomic E-state index is 13.1. The number of nitrogens with two attached hydrogens (primary N) is 1. The molecule has 0 aromatic carbocycles. The monoisotopic (exact) mass is 478 g/mol. The second-order valence-corrected chi connectivity index (χ2v) is 11.2. The highest BCUT2D eigenvalue weighted by atomic mass is 16.5. The van der Waals surface area contributed by atoms with Gasteiger partial charge in [0.25, 0.3) is 0 Å². The fourth-order valence-electron chi connectivity index (χ4n) is 7.19. The molecule has 0 saturated carbocycles. The van der Waals surface area contributed by atoms with Crippen molar-refractivity contribution in [3.8, 4) is 0 Å². The molecule has 0 aromatic heterocycles. The number of piperazine rings is 1. The van der Waals surface area contributed by atoms with Crippen molar-refractivity contribution in [3.05, 3.63) is 0 Å². The average Bonchev–Trinajstić information content (AvgIpc) is 3.30. The Kier molecular flexibility index (Phi) is 8.05. The van der Waals surface area contributed by atoms with Gasteiger partial charge in [0.1, 0.15) is 24.3 Å². The highest BCUT2D eigenvalue weighted by Gasteiger charge is 2.50. The van der Waals surface area contributed by atoms with Crippen LogP contribution < -0.4 is 15.5 Å². The summed E-state index contributed by atoms with van der Waals surface area (Å²) >= 11 is 0. The van der Waals surface area contributed by atoms with Crippen LogP contribution in [0.1, 0.15) is 51.4 Å². The van der Waals surface area contributed by atoms with Crippen molar-refractivity contribution in [3.63, 3.8) is 0 Å². The lowest BCUT2D eigenvalue weighted by Gasteiger charge is -2.39. The number of hydrogen-bond donors (Lipinski definition) is 3. The highest BCUT2D eigenvalue weighted by Crippen LogP contribution is 2.26. The molecule has 0 radical (unpaired) electrons. The van der Waals surface area contributed by atoms with Crippen LogP contribution in [0.3, 0.4) is 0 Å². The summed E-state index contributed by atoms with van der Waals surface area (Å²) in [5.74, 6) is 0.486. The molecule has 0 bridgehead atoms. The van der Waals surface area contributed by atoms with Gasteiger partial charge in [0.15, 0.2) is 0 Å². The number of likely N-dealkylation sites (tertiary alicyclic amines) is 1. The van der Waals surface area contributed by atoms with E-state index < -0.39 is 0 Å². The van der Waals surface area contributed by atoms with E-state index in [1.165, 1.54) is 30.7 Å². The predicted molar refractivity (Wildman–Crippen MR) is 128 cm³/mol. The number of hydrogen-bond acceptors (Lipinski definition) is 5. The summed E-state index contributed by atoms with van der Waals surface area (Å²) in [5, 5.41) is 5.73. The summed E-state index contributed by atoms with van der Waals surface area (Å²) in [6, 6.07) is 1.05. The third-order valence-electron chi connectivity index (χ3n) is 9.35. The molecule has 5 saturated heterocycles. The van der Waals surface area contributed by atoms with Gasteiger partial charge < -0.3 is 25.2 Å². The van der Waals surface area contributed by atoms with Crippen molar-refractivity contribution >= 4 is 11.8 Å². The van der Waals surface area contributed by atoms with Crippen molar-refractivity contribution in [2.45, 2.75) is 81.7 Å². The number of ether oxygens (including phenoxy) is 1. The molecule has 2 unspecified atom stereocenters. The van der Waals surface area contributed by atoms with Crippen molar-refractivity contribution in [2.75, 3.05) is 66.1 Å². The Labute approximate surface area is 204 Å². The number of piperidine rings is 1. The lowest BCUT2D eigenvalue weighted by Crippen LogP contribution is -3.18. The molecular weight excluding hydrogens is 432 g/mol. The van der Waals surface area contributed by atoms with Crippen molar-refractivity contribution in [1.29, 1.82) is 0 Å². The van der Waals surface area contributed by atoms with Crippen molar-refractivity contribution < 1.29 is 24.5 Å². The second kappa shape index (κ2) is 11.2. The summed E-state index contributed by atoms with van der Waals surface area (Å²) in [6.45, 7) is 8.26. The van der Waals surface area contributed by atoms with Crippen LogP contribution in [0.5, 0.6) is 0 Å². The Hall–Kier alpha value is -1.26. The Morgan fingerprint density at radius 2 is 1.88 bits per heavy atom. The predicted octanol–water partition coefficient (Wildman–Crippen LogP) is -2.38. The van der Waals surface area contributed by atoms with Gasteiger partial charge in [-0.2, -0.15) is 0 Å². The van der Waals surface area contributed by atoms with Crippen LogP contribution in [-0.4, -0.2) is 123 Å². The Balaban J connectivity index is 1.11. The first-order chi connectivity index (χ1) is 16.6. The van der Waals surface area contributed by atoms with Crippen LogP contribution in [-0.2, 0) is 14.3 Å². The van der Waals surface area contributed by atoms with Crippen LogP contribution in [0.25, 0.3) is 0 Å². The maximum Gasteiger partial charge on any atom is 0.243 e. The summed E-state index contributed by atoms with van der Waals surface area (Å²) in [5.41, 5.74) is 0. The van der Waals surface area contributed by atoms with E-state index >= 15 is 0 Å². The molecule has 9 heteroatoms. The number of rotatable bonds is 5. The molecule has 34 heavy (non-hydrogen) atoms. The normalized spacial score (nSPS) is 36.7. The molecule has 0 spiro atoms. The van der Waals surface area contributed by atoms with Crippen LogP contribution in [0.4, 0.5) is 0 Å². The summed E-state index contributed by atoms with van der Waals surface area (Å²) in [7, 11) is 2.25. The number of carbonyl (C=O) groups is 2. The first-order valence-corrected chi connectivity index (χ1v) is 13.9. The molecule has 5 fully saturated rings. The zero-order chi connectivity index (χ0) is 23.5. The van der Waals surface area contributed by atoms with Gasteiger partial charge in [0.2, 0.25) is 11.8 Å². The molecule has 5 rings (SSSR count). The number of quaternary nitrogens is 2. The van der Waals surface area contributed by atoms with Gasteiger partial charge in [-0.3, -0.25) is 19.4 Å². The van der Waals surface area contributed by atoms with Crippen molar-refractivity contribution in [2.24, 2.45) is 0 Å². The minimum atomic E-state index is -0.0338. The fraction of sp³-hybridized carbons (Fsp3) is 0.920. The van der Waals surface area contributed by atoms with E-state index in [-0.39, 0.29) is 11.9 Å². The summed E-state index contributed by atoms with van der Waals surface area (Å²) < 4.78 is 5.55. The number of nitrogens with one attached hydrogen (secondary N) is 2. The van der Waals surface area contributed by atoms with Crippen LogP contribution >= 0.6 is 0 Å². The molecule has 5 aliphatic rings. The Bertz CT molecular complexity index is 703. The largest absolute Gasteiger partial charge is 0.381 e. The van der Waals surface area contributed by atoms with Crippen LogP contribution in [0.2, 0.25) is 0 Å². The standard InChI is InChI=1S/C25H44N6O3/c1-28-20(5-6-23(32)30-14-12-29(13-15-30)22-4-2-3-10-26-22)18-27-25(33)24-21(28)7-11-31(24)19-8-16-34-17-9-19/h19-22,24,26H,2-18H2,1H3,(H,27,33)/p+2/t20-,21-,22?,24-/m0/s1. The molecule has 5 aliphatic heterocycles. The zero-order valence-electron chi connectivity index (χ0n) is 21.1. The molecule has 0 aromatic rings. The van der Waals surface area contributed by atoms with E-state index in [1.807, 2.05) is 0 Å². The van der Waals surface area contributed by atoms with E-state index in [4.69, 9.17) is 4.74 Å². The molecule has 192 valence electrons. The highest BCUT2D eigenvalue weighted by molar-refractivity contribution is 5.83. The molecule has 0 aliphatic carbocycles. The first kappa shape index (κ1) is 24.4. The van der Waals surface area contributed by atoms with E-state index in [1.54, 1.807) is 0 Å². The number of nitrogens with zero attached hydrogens (tertiary/aromatic N) is 3. The molecule has 9 nitrogen and oxygen atoms in total. The van der Waals surface area contributed by atoms with Gasteiger partial charge in [0.05, 0.1) is 20.1 Å². The smallest absolute Gasteiger partial charge is 0.243 e. The molecule has 4 N–H and O–H groups in total. The van der Waals surface area contributed by atoms with Crippen LogP contribution in [0.15, 0.2) is 0 Å². The van der Waals surface area contributed by atoms with Gasteiger partial charge in [0, 0.05) is 77.7 Å². The molecule has 5 heterocycles. The zero-order valence-corrected chi connectivity index (χ0v) is 21.1. The quantitative estimate of drug-likeness (QED) is 0.411. The first-order valence-electron chi connectivity index (χ1n) is 13.9. The topological polar surface area (TPSA) is 86.2 Å². The SMILES string of the molecule is C[NH+]1[C@@H](CCC(=O)N2CCN(C3CCCC[NH2+]3)CC2)CNC(=O)[C@@H]2[C@@H]1CCN2C1CCOCC1. The van der Waals surface area contributed by atoms with E-state index in [2.05, 4.69) is 32.4 Å². The van der Waals surface area contributed by atoms with Gasteiger partial charge >= 0.3 is 0 Å². The third kappa shape index (κ3) is 5.28. The van der Waals surface area contributed by atoms with E-state index in [0.717, 1.165) is 71.6 Å². The Morgan fingerprint density at radius 3 is 2.62 bits per heavy atom. The van der Waals surface area contributed by atoms with Crippen molar-refractivity contribution in [1.82, 2.24) is 20.0 Å². The number of amides is 2. The molecule has 2 amide bonds. The molecular formula is C25H46N6O3+2. The molecule has 5 atom stereocenters. The number of carbonyl (C=O) groups excluding carboxylic acids is 2. The Morgan fingerprint density at radius 1 is 1.09 bits per heavy atom. The average molecular weight is 479 g/mol. The van der Waals surface area contributed by atoms with Gasteiger partial charge in [-0.1, -0.05) is 0 Å². The lowest BCUT2D eigenvalue weighted by atomic mass is 10.0. The van der Waals surface area contributed by atoms with Crippen LogP contribution in [0, 0.1) is 0 Å². The van der Waals surface area contributed by atoms with Gasteiger partial charge in [-0.25, -0.2) is 0 Å². The fourth-order valence-corrected chi connectivity index (χ4v) is 7.19. The number of fused-ring (bicyclic) bond motifs is 1. The third-order valence-corrected chi connectivity index (χ3v) is 9.35. The summed E-state index contributed by atoms with van der Waals surface area (Å²) in [6.07, 6.45) is 9.13. The van der Waals surface area contributed by atoms with E-state index in [0.29, 0.717) is 43.2 Å².